The number of benzene rings is 1. The Kier molecular flexibility index (Phi) is 4.70. The fourth-order valence-electron chi connectivity index (χ4n) is 1.71. The lowest BCUT2D eigenvalue weighted by Gasteiger charge is -2.09. The van der Waals surface area contributed by atoms with Gasteiger partial charge in [-0.15, -0.1) is 22.9 Å². The number of rotatable bonds is 3. The summed E-state index contributed by atoms with van der Waals surface area (Å²) in [6.45, 7) is 2.11. The van der Waals surface area contributed by atoms with Gasteiger partial charge in [-0.25, -0.2) is 0 Å². The first kappa shape index (κ1) is 13.6. The van der Waals surface area contributed by atoms with Crippen LogP contribution in [-0.2, 0) is 6.42 Å². The average Bonchev–Trinajstić information content (AvgIpc) is 2.61. The van der Waals surface area contributed by atoms with Crippen LogP contribution in [0.25, 0.3) is 0 Å². The second-order valence-corrected chi connectivity index (χ2v) is 7.94. The first-order valence-electron chi connectivity index (χ1n) is 5.20. The molecule has 1 aromatic carbocycles. The maximum absolute atomic E-state index is 6.47. The number of alkyl halides is 1. The first-order valence-corrected chi connectivity index (χ1v) is 8.04. The zero-order valence-electron chi connectivity index (χ0n) is 9.21. The minimum Gasteiger partial charge on any atom is -0.133 e. The van der Waals surface area contributed by atoms with Crippen LogP contribution in [-0.4, -0.2) is 0 Å². The average molecular weight is 395 g/mol. The van der Waals surface area contributed by atoms with Crippen LogP contribution < -0.4 is 0 Å². The molecule has 0 nitrogen and oxygen atoms in total. The van der Waals surface area contributed by atoms with Crippen molar-refractivity contribution < 1.29 is 0 Å². The molecular weight excluding hydrogens is 383 g/mol. The Morgan fingerprint density at radius 1 is 1.24 bits per heavy atom. The van der Waals surface area contributed by atoms with Gasteiger partial charge in [0.15, 0.2) is 0 Å². The maximum atomic E-state index is 6.47. The topological polar surface area (TPSA) is 0 Å². The van der Waals surface area contributed by atoms with E-state index >= 15 is 0 Å². The van der Waals surface area contributed by atoms with Crippen molar-refractivity contribution in [3.8, 4) is 0 Å². The van der Waals surface area contributed by atoms with E-state index in [9.17, 15) is 0 Å². The zero-order chi connectivity index (χ0) is 12.4. The van der Waals surface area contributed by atoms with Crippen molar-refractivity contribution in [2.75, 3.05) is 0 Å². The third-order valence-electron chi connectivity index (χ3n) is 2.59. The van der Waals surface area contributed by atoms with Crippen molar-refractivity contribution >= 4 is 54.8 Å². The molecule has 1 heterocycles. The van der Waals surface area contributed by atoms with Gasteiger partial charge >= 0.3 is 0 Å². The van der Waals surface area contributed by atoms with Gasteiger partial charge in [0, 0.05) is 9.35 Å². The van der Waals surface area contributed by atoms with E-state index in [0.29, 0.717) is 0 Å². The lowest BCUT2D eigenvalue weighted by atomic mass is 10.1. The lowest BCUT2D eigenvalue weighted by molar-refractivity contribution is 0.917. The molecule has 0 amide bonds. The second kappa shape index (κ2) is 5.87. The van der Waals surface area contributed by atoms with Gasteiger partial charge in [-0.1, -0.05) is 28.1 Å². The van der Waals surface area contributed by atoms with Gasteiger partial charge in [0.1, 0.15) is 0 Å². The molecule has 0 N–H and O–H groups in total. The molecule has 0 fully saturated rings. The molecule has 0 aliphatic carbocycles. The summed E-state index contributed by atoms with van der Waals surface area (Å²) in [5.41, 5.74) is 2.49. The van der Waals surface area contributed by atoms with Gasteiger partial charge in [0.05, 0.1) is 9.16 Å². The van der Waals surface area contributed by atoms with Gasteiger partial charge < -0.3 is 0 Å². The molecule has 0 saturated heterocycles. The molecular formula is C13H11Br2ClS. The SMILES string of the molecule is Cc1sc(Br)cc1C(Cl)Cc1ccc(Br)cc1. The summed E-state index contributed by atoms with van der Waals surface area (Å²) in [6.07, 6.45) is 0.860. The molecule has 0 aliphatic heterocycles. The van der Waals surface area contributed by atoms with Gasteiger partial charge in [0.2, 0.25) is 0 Å². The maximum Gasteiger partial charge on any atom is 0.0704 e. The van der Waals surface area contributed by atoms with Crippen molar-refractivity contribution in [2.45, 2.75) is 18.7 Å². The van der Waals surface area contributed by atoms with E-state index in [1.165, 1.54) is 16.0 Å². The molecule has 0 bridgehead atoms. The molecule has 2 aromatic rings. The Balaban J connectivity index is 2.14. The second-order valence-electron chi connectivity index (χ2n) is 3.86. The highest BCUT2D eigenvalue weighted by atomic mass is 79.9. The molecule has 4 heteroatoms. The van der Waals surface area contributed by atoms with Crippen molar-refractivity contribution in [3.63, 3.8) is 0 Å². The highest BCUT2D eigenvalue weighted by Gasteiger charge is 2.14. The molecule has 17 heavy (non-hydrogen) atoms. The summed E-state index contributed by atoms with van der Waals surface area (Å²) in [4.78, 5) is 1.29. The quantitative estimate of drug-likeness (QED) is 0.552. The largest absolute Gasteiger partial charge is 0.133 e. The lowest BCUT2D eigenvalue weighted by Crippen LogP contribution is -1.95. The minimum atomic E-state index is 0.0405. The summed E-state index contributed by atoms with van der Waals surface area (Å²) >= 11 is 15.1. The van der Waals surface area contributed by atoms with Crippen molar-refractivity contribution in [1.82, 2.24) is 0 Å². The Morgan fingerprint density at radius 2 is 1.88 bits per heavy atom. The van der Waals surface area contributed by atoms with Crippen molar-refractivity contribution in [2.24, 2.45) is 0 Å². The Hall–Kier alpha value is 0.170. The van der Waals surface area contributed by atoms with Crippen LogP contribution >= 0.6 is 54.8 Å². The van der Waals surface area contributed by atoms with Crippen LogP contribution in [0.1, 0.15) is 21.4 Å². The Labute approximate surface area is 127 Å². The molecule has 1 aromatic heterocycles. The highest BCUT2D eigenvalue weighted by molar-refractivity contribution is 9.11. The fourth-order valence-corrected chi connectivity index (χ4v) is 4.21. The Bertz CT molecular complexity index is 505. The number of thiophene rings is 1. The summed E-state index contributed by atoms with van der Waals surface area (Å²) in [5, 5.41) is 0.0405. The van der Waals surface area contributed by atoms with E-state index in [-0.39, 0.29) is 5.38 Å². The van der Waals surface area contributed by atoms with Gasteiger partial charge in [-0.05, 0) is 58.6 Å². The van der Waals surface area contributed by atoms with Crippen molar-refractivity contribution in [1.29, 1.82) is 0 Å². The van der Waals surface area contributed by atoms with E-state index in [1.807, 2.05) is 0 Å². The number of hydrogen-bond donors (Lipinski definition) is 0. The predicted octanol–water partition coefficient (Wildman–Crippen LogP) is 6.10. The Morgan fingerprint density at radius 3 is 2.41 bits per heavy atom. The molecule has 0 radical (unpaired) electrons. The molecule has 0 spiro atoms. The summed E-state index contributed by atoms with van der Waals surface area (Å²) in [7, 11) is 0. The zero-order valence-corrected chi connectivity index (χ0v) is 14.0. The summed E-state index contributed by atoms with van der Waals surface area (Å²) < 4.78 is 2.24. The van der Waals surface area contributed by atoms with Gasteiger partial charge in [0.25, 0.3) is 0 Å². The highest BCUT2D eigenvalue weighted by Crippen LogP contribution is 2.35. The summed E-state index contributed by atoms with van der Waals surface area (Å²) in [5.74, 6) is 0. The molecule has 0 aliphatic rings. The third-order valence-corrected chi connectivity index (χ3v) is 5.08. The molecule has 90 valence electrons. The molecule has 2 rings (SSSR count). The molecule has 0 saturated carbocycles. The van der Waals surface area contributed by atoms with Crippen LogP contribution in [0, 0.1) is 6.92 Å². The minimum absolute atomic E-state index is 0.0405. The van der Waals surface area contributed by atoms with Crippen LogP contribution in [0.3, 0.4) is 0 Å². The van der Waals surface area contributed by atoms with Gasteiger partial charge in [-0.3, -0.25) is 0 Å². The number of aryl methyl sites for hydroxylation is 1. The van der Waals surface area contributed by atoms with E-state index in [4.69, 9.17) is 11.6 Å². The fraction of sp³-hybridized carbons (Fsp3) is 0.231. The van der Waals surface area contributed by atoms with Crippen molar-refractivity contribution in [3.05, 3.63) is 54.6 Å². The molecule has 1 atom stereocenters. The first-order chi connectivity index (χ1) is 8.06. The van der Waals surface area contributed by atoms with E-state index < -0.39 is 0 Å². The predicted molar refractivity (Wildman–Crippen MR) is 83.2 cm³/mol. The van der Waals surface area contributed by atoms with Crippen LogP contribution in [0.2, 0.25) is 0 Å². The molecule has 1 unspecified atom stereocenters. The van der Waals surface area contributed by atoms with E-state index in [2.05, 4.69) is 69.1 Å². The smallest absolute Gasteiger partial charge is 0.0704 e. The van der Waals surface area contributed by atoms with Crippen LogP contribution in [0.15, 0.2) is 38.6 Å². The van der Waals surface area contributed by atoms with E-state index in [0.717, 1.165) is 14.7 Å². The third kappa shape index (κ3) is 3.57. The van der Waals surface area contributed by atoms with Crippen LogP contribution in [0.5, 0.6) is 0 Å². The number of halogens is 3. The monoisotopic (exact) mass is 392 g/mol. The summed E-state index contributed by atoms with van der Waals surface area (Å²) in [6, 6.07) is 10.4. The van der Waals surface area contributed by atoms with E-state index in [1.54, 1.807) is 11.3 Å². The van der Waals surface area contributed by atoms with Gasteiger partial charge in [-0.2, -0.15) is 0 Å². The normalized spacial score (nSPS) is 12.7. The standard InChI is InChI=1S/C13H11Br2ClS/c1-8-11(7-13(15)17-8)12(16)6-9-2-4-10(14)5-3-9/h2-5,7,12H,6H2,1H3. The van der Waals surface area contributed by atoms with Crippen LogP contribution in [0.4, 0.5) is 0 Å². The number of hydrogen-bond acceptors (Lipinski definition) is 1.